The van der Waals surface area contributed by atoms with Gasteiger partial charge in [-0.05, 0) is 66.3 Å². The molecule has 3 N–H and O–H groups in total. The average Bonchev–Trinajstić information content (AvgIpc) is 3.42. The number of carbonyl (C=O) groups is 3. The minimum Gasteiger partial charge on any atom is -0.339 e. The Labute approximate surface area is 198 Å². The van der Waals surface area contributed by atoms with Crippen LogP contribution in [0.2, 0.25) is 0 Å². The smallest absolute Gasteiger partial charge is 0.274 e. The normalized spacial score (nSPS) is 12.9. The van der Waals surface area contributed by atoms with E-state index in [9.17, 15) is 14.4 Å². The van der Waals surface area contributed by atoms with Crippen molar-refractivity contribution in [3.63, 3.8) is 0 Å². The van der Waals surface area contributed by atoms with E-state index >= 15 is 0 Å². The average molecular weight is 458 g/mol. The molecule has 3 aromatic carbocycles. The van der Waals surface area contributed by atoms with Crippen LogP contribution in [0.15, 0.2) is 72.8 Å². The highest BCUT2D eigenvalue weighted by atomic mass is 16.5. The minimum absolute atomic E-state index is 0.0598. The summed E-state index contributed by atoms with van der Waals surface area (Å²) in [5.74, 6) is -0.790. The van der Waals surface area contributed by atoms with Gasteiger partial charge in [-0.3, -0.25) is 19.6 Å². The molecule has 7 heteroatoms. The number of nitrogens with zero attached hydrogens (tertiary/aromatic N) is 1. The van der Waals surface area contributed by atoms with Crippen molar-refractivity contribution in [2.75, 3.05) is 18.4 Å². The number of nitrogens with one attached hydrogen (secondary N) is 2. The molecule has 1 saturated heterocycles. The Kier molecular flexibility index (Phi) is 7.34. The van der Waals surface area contributed by atoms with Crippen LogP contribution >= 0.6 is 0 Å². The van der Waals surface area contributed by atoms with E-state index in [1.54, 1.807) is 41.9 Å². The number of hydrogen-bond acceptors (Lipinski definition) is 4. The lowest BCUT2D eigenvalue weighted by atomic mass is 10.00. The standard InChI is InChI=1S/C27H27N3O4/c31-25(13-8-19-6-2-1-3-7-19)28-24-17-22(20-9-11-21(12-10-20)26(32)29-34)16-23(18-24)27(33)30-14-4-5-15-30/h1-3,6-7,9-12,16-18,34H,4-5,8,13-15H2,(H,28,31)(H,29,32). The van der Waals surface area contributed by atoms with E-state index in [0.29, 0.717) is 29.7 Å². The monoisotopic (exact) mass is 457 g/mol. The lowest BCUT2D eigenvalue weighted by Gasteiger charge is -2.17. The molecule has 1 heterocycles. The van der Waals surface area contributed by atoms with Crippen molar-refractivity contribution < 1.29 is 19.6 Å². The van der Waals surface area contributed by atoms with Gasteiger partial charge in [0.15, 0.2) is 0 Å². The summed E-state index contributed by atoms with van der Waals surface area (Å²) in [6, 6.07) is 21.8. The largest absolute Gasteiger partial charge is 0.339 e. The van der Waals surface area contributed by atoms with Crippen molar-refractivity contribution in [2.24, 2.45) is 0 Å². The summed E-state index contributed by atoms with van der Waals surface area (Å²) in [5, 5.41) is 11.8. The Morgan fingerprint density at radius 2 is 1.53 bits per heavy atom. The Bertz CT molecular complexity index is 1170. The van der Waals surface area contributed by atoms with Gasteiger partial charge in [-0.1, -0.05) is 42.5 Å². The zero-order chi connectivity index (χ0) is 23.9. The number of carbonyl (C=O) groups excluding carboxylic acids is 3. The summed E-state index contributed by atoms with van der Waals surface area (Å²) in [6.45, 7) is 1.46. The molecule has 0 bridgehead atoms. The highest BCUT2D eigenvalue weighted by molar-refractivity contribution is 5.99. The van der Waals surface area contributed by atoms with Gasteiger partial charge in [0.25, 0.3) is 11.8 Å². The first-order chi connectivity index (χ1) is 16.5. The molecular weight excluding hydrogens is 430 g/mol. The Hall–Kier alpha value is -3.97. The second-order valence-electron chi connectivity index (χ2n) is 8.35. The highest BCUT2D eigenvalue weighted by Crippen LogP contribution is 2.27. The molecule has 7 nitrogen and oxygen atoms in total. The third-order valence-electron chi connectivity index (χ3n) is 5.92. The van der Waals surface area contributed by atoms with E-state index in [1.165, 1.54) is 0 Å². The number of hydrogen-bond donors (Lipinski definition) is 3. The number of hydroxylamine groups is 1. The van der Waals surface area contributed by atoms with E-state index < -0.39 is 5.91 Å². The molecule has 0 spiro atoms. The third-order valence-corrected chi connectivity index (χ3v) is 5.92. The lowest BCUT2D eigenvalue weighted by Crippen LogP contribution is -2.27. The van der Waals surface area contributed by atoms with Crippen LogP contribution < -0.4 is 10.8 Å². The Morgan fingerprint density at radius 3 is 2.21 bits per heavy atom. The SMILES string of the molecule is O=C(CCc1ccccc1)Nc1cc(C(=O)N2CCCC2)cc(-c2ccc(C(=O)NO)cc2)c1. The van der Waals surface area contributed by atoms with Gasteiger partial charge in [-0.25, -0.2) is 5.48 Å². The van der Waals surface area contributed by atoms with Crippen LogP contribution in [0.25, 0.3) is 11.1 Å². The van der Waals surface area contributed by atoms with Crippen LogP contribution in [0, 0.1) is 0 Å². The molecule has 0 aliphatic carbocycles. The van der Waals surface area contributed by atoms with Crippen molar-refractivity contribution in [3.8, 4) is 11.1 Å². The molecule has 1 aliphatic heterocycles. The van der Waals surface area contributed by atoms with Gasteiger partial charge in [0, 0.05) is 36.3 Å². The van der Waals surface area contributed by atoms with Crippen LogP contribution in [0.3, 0.4) is 0 Å². The molecule has 0 aromatic heterocycles. The fourth-order valence-electron chi connectivity index (χ4n) is 4.10. The molecule has 0 radical (unpaired) electrons. The van der Waals surface area contributed by atoms with Crippen molar-refractivity contribution in [3.05, 3.63) is 89.5 Å². The summed E-state index contributed by atoms with van der Waals surface area (Å²) in [4.78, 5) is 39.2. The minimum atomic E-state index is -0.601. The first-order valence-corrected chi connectivity index (χ1v) is 11.4. The molecule has 4 rings (SSSR count). The lowest BCUT2D eigenvalue weighted by molar-refractivity contribution is -0.116. The number of likely N-dealkylation sites (tertiary alicyclic amines) is 1. The van der Waals surface area contributed by atoms with Crippen LogP contribution in [0.5, 0.6) is 0 Å². The zero-order valence-electron chi connectivity index (χ0n) is 18.8. The first-order valence-electron chi connectivity index (χ1n) is 11.4. The summed E-state index contributed by atoms with van der Waals surface area (Å²) >= 11 is 0. The molecule has 3 aromatic rings. The molecule has 3 amide bonds. The van der Waals surface area contributed by atoms with Gasteiger partial charge in [0.05, 0.1) is 0 Å². The van der Waals surface area contributed by atoms with Crippen molar-refractivity contribution in [1.29, 1.82) is 0 Å². The molecule has 1 aliphatic rings. The van der Waals surface area contributed by atoms with E-state index in [-0.39, 0.29) is 11.8 Å². The van der Waals surface area contributed by atoms with Gasteiger partial charge in [-0.15, -0.1) is 0 Å². The topological polar surface area (TPSA) is 98.7 Å². The summed E-state index contributed by atoms with van der Waals surface area (Å²) in [6.07, 6.45) is 2.93. The van der Waals surface area contributed by atoms with E-state index in [2.05, 4.69) is 5.32 Å². The highest BCUT2D eigenvalue weighted by Gasteiger charge is 2.21. The summed E-state index contributed by atoms with van der Waals surface area (Å²) < 4.78 is 0. The number of benzene rings is 3. The second kappa shape index (κ2) is 10.8. The zero-order valence-corrected chi connectivity index (χ0v) is 18.8. The molecule has 34 heavy (non-hydrogen) atoms. The number of rotatable bonds is 7. The van der Waals surface area contributed by atoms with Crippen LogP contribution in [-0.2, 0) is 11.2 Å². The van der Waals surface area contributed by atoms with Crippen LogP contribution in [0.4, 0.5) is 5.69 Å². The third kappa shape index (κ3) is 5.68. The van der Waals surface area contributed by atoms with Crippen LogP contribution in [-0.4, -0.2) is 40.9 Å². The predicted octanol–water partition coefficient (Wildman–Crippen LogP) is 4.28. The Morgan fingerprint density at radius 1 is 0.824 bits per heavy atom. The van der Waals surface area contributed by atoms with Crippen LogP contribution in [0.1, 0.15) is 45.5 Å². The van der Waals surface area contributed by atoms with E-state index in [4.69, 9.17) is 5.21 Å². The van der Waals surface area contributed by atoms with Gasteiger partial charge in [-0.2, -0.15) is 0 Å². The quantitative estimate of drug-likeness (QED) is 0.364. The molecular formula is C27H27N3O4. The fourth-order valence-corrected chi connectivity index (χ4v) is 4.10. The maximum absolute atomic E-state index is 13.1. The fraction of sp³-hybridized carbons (Fsp3) is 0.222. The first kappa shape index (κ1) is 23.2. The molecule has 0 atom stereocenters. The second-order valence-corrected chi connectivity index (χ2v) is 8.35. The number of amides is 3. The molecule has 0 unspecified atom stereocenters. The van der Waals surface area contributed by atoms with Gasteiger partial charge in [0.1, 0.15) is 0 Å². The maximum Gasteiger partial charge on any atom is 0.274 e. The van der Waals surface area contributed by atoms with E-state index in [0.717, 1.165) is 42.6 Å². The number of aryl methyl sites for hydroxylation is 1. The van der Waals surface area contributed by atoms with Crippen molar-refractivity contribution in [2.45, 2.75) is 25.7 Å². The maximum atomic E-state index is 13.1. The van der Waals surface area contributed by atoms with Gasteiger partial charge < -0.3 is 10.2 Å². The summed E-state index contributed by atoms with van der Waals surface area (Å²) in [7, 11) is 0. The molecule has 174 valence electrons. The summed E-state index contributed by atoms with van der Waals surface area (Å²) in [5.41, 5.74) is 5.60. The van der Waals surface area contributed by atoms with Crippen molar-refractivity contribution >= 4 is 23.4 Å². The van der Waals surface area contributed by atoms with Gasteiger partial charge >= 0.3 is 0 Å². The number of anilines is 1. The molecule has 0 saturated carbocycles. The van der Waals surface area contributed by atoms with Gasteiger partial charge in [0.2, 0.25) is 5.91 Å². The van der Waals surface area contributed by atoms with E-state index in [1.807, 2.05) is 41.3 Å². The predicted molar refractivity (Wildman–Crippen MR) is 130 cm³/mol. The van der Waals surface area contributed by atoms with Crippen molar-refractivity contribution in [1.82, 2.24) is 10.4 Å². The Balaban J connectivity index is 1.58. The molecule has 1 fully saturated rings.